The molecule has 0 saturated heterocycles. The van der Waals surface area contributed by atoms with Crippen LogP contribution in [0.25, 0.3) is 0 Å². The molecule has 0 unspecified atom stereocenters. The third-order valence-electron chi connectivity index (χ3n) is 3.07. The summed E-state index contributed by atoms with van der Waals surface area (Å²) in [6.45, 7) is 0.226. The van der Waals surface area contributed by atoms with Gasteiger partial charge < -0.3 is 14.2 Å². The summed E-state index contributed by atoms with van der Waals surface area (Å²) >= 11 is 0. The number of hydrogen-bond donors (Lipinski definition) is 0. The van der Waals surface area contributed by atoms with E-state index in [0.717, 1.165) is 5.56 Å². The van der Waals surface area contributed by atoms with Crippen LogP contribution in [0.15, 0.2) is 54.6 Å². The first kappa shape index (κ1) is 15.1. The number of hydrogen-bond acceptors (Lipinski definition) is 4. The number of rotatable bonds is 6. The maximum atomic E-state index is 12.2. The monoisotopic (exact) mass is 286 g/mol. The van der Waals surface area contributed by atoms with Crippen molar-refractivity contribution in [1.29, 1.82) is 0 Å². The lowest BCUT2D eigenvalue weighted by atomic mass is 10.1. The molecular formula is C17H18O4. The number of ether oxygens (including phenoxy) is 3. The highest BCUT2D eigenvalue weighted by molar-refractivity contribution is 5.76. The zero-order valence-electron chi connectivity index (χ0n) is 12.1. The quantitative estimate of drug-likeness (QED) is 0.765. The van der Waals surface area contributed by atoms with Crippen LogP contribution in [0.3, 0.4) is 0 Å². The Hall–Kier alpha value is -2.33. The van der Waals surface area contributed by atoms with Crippen molar-refractivity contribution in [3.63, 3.8) is 0 Å². The lowest BCUT2D eigenvalue weighted by molar-refractivity contribution is -0.157. The molecule has 0 bridgehead atoms. The minimum absolute atomic E-state index is 0.226. The number of esters is 1. The Kier molecular flexibility index (Phi) is 5.35. The second-order valence-corrected chi connectivity index (χ2v) is 4.49. The largest absolute Gasteiger partial charge is 0.497 e. The molecule has 21 heavy (non-hydrogen) atoms. The van der Waals surface area contributed by atoms with E-state index in [2.05, 4.69) is 0 Å². The van der Waals surface area contributed by atoms with Gasteiger partial charge in [-0.25, -0.2) is 4.79 Å². The van der Waals surface area contributed by atoms with Crippen LogP contribution >= 0.6 is 0 Å². The van der Waals surface area contributed by atoms with E-state index in [-0.39, 0.29) is 6.61 Å². The molecule has 0 saturated carbocycles. The van der Waals surface area contributed by atoms with Crippen molar-refractivity contribution in [1.82, 2.24) is 0 Å². The van der Waals surface area contributed by atoms with Crippen molar-refractivity contribution in [2.75, 3.05) is 14.2 Å². The van der Waals surface area contributed by atoms with Gasteiger partial charge in [0.15, 0.2) is 6.10 Å². The van der Waals surface area contributed by atoms with Crippen LogP contribution in [0.5, 0.6) is 5.75 Å². The molecule has 0 fully saturated rings. The molecule has 0 heterocycles. The van der Waals surface area contributed by atoms with Gasteiger partial charge in [-0.2, -0.15) is 0 Å². The van der Waals surface area contributed by atoms with Gasteiger partial charge in [-0.1, -0.05) is 42.5 Å². The molecule has 2 aromatic rings. The minimum Gasteiger partial charge on any atom is -0.497 e. The molecular weight excluding hydrogens is 268 g/mol. The second kappa shape index (κ2) is 7.45. The predicted octanol–water partition coefficient (Wildman–Crippen LogP) is 3.13. The summed E-state index contributed by atoms with van der Waals surface area (Å²) < 4.78 is 15.7. The summed E-state index contributed by atoms with van der Waals surface area (Å²) in [6.07, 6.45) is -0.760. The molecule has 0 amide bonds. The molecule has 0 radical (unpaired) electrons. The van der Waals surface area contributed by atoms with Gasteiger partial charge in [0.05, 0.1) is 7.11 Å². The van der Waals surface area contributed by atoms with Gasteiger partial charge in [0.1, 0.15) is 12.4 Å². The first-order chi connectivity index (χ1) is 10.2. The Balaban J connectivity index is 2.04. The van der Waals surface area contributed by atoms with Crippen LogP contribution in [0.1, 0.15) is 17.2 Å². The molecule has 4 heteroatoms. The van der Waals surface area contributed by atoms with Crippen molar-refractivity contribution in [3.05, 3.63) is 65.7 Å². The molecule has 0 N–H and O–H groups in total. The third kappa shape index (κ3) is 4.07. The average molecular weight is 286 g/mol. The summed E-state index contributed by atoms with van der Waals surface area (Å²) in [6, 6.07) is 16.7. The minimum atomic E-state index is -0.760. The maximum absolute atomic E-state index is 12.2. The fourth-order valence-electron chi connectivity index (χ4n) is 1.98. The number of methoxy groups -OCH3 is 2. The van der Waals surface area contributed by atoms with Crippen molar-refractivity contribution < 1.29 is 19.0 Å². The van der Waals surface area contributed by atoms with Crippen molar-refractivity contribution in [2.45, 2.75) is 12.7 Å². The van der Waals surface area contributed by atoms with Crippen LogP contribution in [0.4, 0.5) is 0 Å². The predicted molar refractivity (Wildman–Crippen MR) is 79.0 cm³/mol. The zero-order chi connectivity index (χ0) is 15.1. The van der Waals surface area contributed by atoms with E-state index in [1.165, 1.54) is 7.11 Å². The highest BCUT2D eigenvalue weighted by Gasteiger charge is 2.22. The first-order valence-electron chi connectivity index (χ1n) is 6.62. The molecule has 2 rings (SSSR count). The van der Waals surface area contributed by atoms with Gasteiger partial charge in [-0.3, -0.25) is 0 Å². The second-order valence-electron chi connectivity index (χ2n) is 4.49. The molecule has 0 aliphatic heterocycles. The van der Waals surface area contributed by atoms with Gasteiger partial charge in [-0.15, -0.1) is 0 Å². The summed E-state index contributed by atoms with van der Waals surface area (Å²) in [5.74, 6) is 0.250. The lowest BCUT2D eigenvalue weighted by Gasteiger charge is -2.15. The third-order valence-corrected chi connectivity index (χ3v) is 3.07. The van der Waals surface area contributed by atoms with E-state index in [1.807, 2.05) is 42.5 Å². The van der Waals surface area contributed by atoms with Gasteiger partial charge in [0, 0.05) is 7.11 Å². The first-order valence-corrected chi connectivity index (χ1v) is 6.62. The van der Waals surface area contributed by atoms with Crippen LogP contribution in [-0.4, -0.2) is 20.2 Å². The standard InChI is InChI=1S/C17H18O4/c1-19-15-10-6-9-14(11-15)16(20-2)17(18)21-12-13-7-4-3-5-8-13/h3-11,16H,12H2,1-2H3/t16-/m1/s1. The molecule has 0 aliphatic rings. The Morgan fingerprint density at radius 3 is 2.48 bits per heavy atom. The van der Waals surface area contributed by atoms with Gasteiger partial charge >= 0.3 is 5.97 Å². The van der Waals surface area contributed by atoms with Gasteiger partial charge in [0.2, 0.25) is 0 Å². The molecule has 110 valence electrons. The Labute approximate surface area is 124 Å². The molecule has 4 nitrogen and oxygen atoms in total. The number of carbonyl (C=O) groups excluding carboxylic acids is 1. The SMILES string of the molecule is COc1cccc([C@@H](OC)C(=O)OCc2ccccc2)c1. The van der Waals surface area contributed by atoms with Crippen molar-refractivity contribution in [3.8, 4) is 5.75 Å². The topological polar surface area (TPSA) is 44.8 Å². The van der Waals surface area contributed by atoms with E-state index < -0.39 is 12.1 Å². The summed E-state index contributed by atoms with van der Waals surface area (Å²) in [7, 11) is 3.06. The van der Waals surface area contributed by atoms with E-state index in [9.17, 15) is 4.79 Å². The van der Waals surface area contributed by atoms with Crippen molar-refractivity contribution in [2.24, 2.45) is 0 Å². The van der Waals surface area contributed by atoms with Crippen molar-refractivity contribution >= 4 is 5.97 Å². The number of carbonyl (C=O) groups is 1. The highest BCUT2D eigenvalue weighted by Crippen LogP contribution is 2.23. The Morgan fingerprint density at radius 2 is 1.81 bits per heavy atom. The van der Waals surface area contributed by atoms with E-state index in [0.29, 0.717) is 11.3 Å². The van der Waals surface area contributed by atoms with Gasteiger partial charge in [0.25, 0.3) is 0 Å². The Bertz CT molecular complexity index is 580. The molecule has 0 aromatic heterocycles. The summed E-state index contributed by atoms with van der Waals surface area (Å²) in [5.41, 5.74) is 1.64. The molecule has 1 atom stereocenters. The Morgan fingerprint density at radius 1 is 1.05 bits per heavy atom. The molecule has 0 spiro atoms. The van der Waals surface area contributed by atoms with Crippen LogP contribution in [-0.2, 0) is 20.9 Å². The van der Waals surface area contributed by atoms with E-state index in [4.69, 9.17) is 14.2 Å². The number of benzene rings is 2. The van der Waals surface area contributed by atoms with Crippen LogP contribution in [0, 0.1) is 0 Å². The fraction of sp³-hybridized carbons (Fsp3) is 0.235. The molecule has 0 aliphatic carbocycles. The lowest BCUT2D eigenvalue weighted by Crippen LogP contribution is -2.17. The maximum Gasteiger partial charge on any atom is 0.340 e. The van der Waals surface area contributed by atoms with E-state index in [1.54, 1.807) is 19.2 Å². The van der Waals surface area contributed by atoms with Crippen LogP contribution in [0.2, 0.25) is 0 Å². The summed E-state index contributed by atoms with van der Waals surface area (Å²) in [5, 5.41) is 0. The van der Waals surface area contributed by atoms with E-state index >= 15 is 0 Å². The summed E-state index contributed by atoms with van der Waals surface area (Å²) in [4.78, 5) is 12.2. The molecule has 2 aromatic carbocycles. The smallest absolute Gasteiger partial charge is 0.340 e. The fourth-order valence-corrected chi connectivity index (χ4v) is 1.98. The zero-order valence-corrected chi connectivity index (χ0v) is 12.1. The normalized spacial score (nSPS) is 11.7. The van der Waals surface area contributed by atoms with Gasteiger partial charge in [-0.05, 0) is 23.3 Å². The average Bonchev–Trinajstić information content (AvgIpc) is 2.55. The highest BCUT2D eigenvalue weighted by atomic mass is 16.6. The van der Waals surface area contributed by atoms with Crippen LogP contribution < -0.4 is 4.74 Å².